The summed E-state index contributed by atoms with van der Waals surface area (Å²) in [6.45, 7) is 2.37. The molecule has 1 saturated carbocycles. The standard InChI is InChI=1S/C21H22FN3O2.CH3NO/c1-26-15-5-6-16(17(22)11-15)21-24-18-9-14(23-12-13-3-4-13)10-19-20(18)25(21)7-2-8-27-19;2-1-3/h5-6,9-11,13,23H,2-4,7-8,12H2,1H3;1H,(H2,2,3). The third-order valence-electron chi connectivity index (χ3n) is 5.30. The molecular formula is C22H25FN4O3. The molecule has 5 rings (SSSR count). The number of aromatic nitrogens is 2. The van der Waals surface area contributed by atoms with Crippen molar-refractivity contribution in [2.24, 2.45) is 11.7 Å². The van der Waals surface area contributed by atoms with E-state index in [1.165, 1.54) is 26.0 Å². The van der Waals surface area contributed by atoms with Crippen LogP contribution in [0.2, 0.25) is 0 Å². The quantitative estimate of drug-likeness (QED) is 0.626. The second-order valence-electron chi connectivity index (χ2n) is 7.44. The normalized spacial score (nSPS) is 14.9. The lowest BCUT2D eigenvalue weighted by molar-refractivity contribution is -0.106. The van der Waals surface area contributed by atoms with Gasteiger partial charge in [-0.3, -0.25) is 4.79 Å². The number of nitrogens with two attached hydrogens (primary N) is 1. The van der Waals surface area contributed by atoms with Crippen molar-refractivity contribution in [3.63, 3.8) is 0 Å². The van der Waals surface area contributed by atoms with Gasteiger partial charge in [0.05, 0.1) is 24.8 Å². The van der Waals surface area contributed by atoms with Crippen LogP contribution in [0.4, 0.5) is 10.1 Å². The number of aryl methyl sites for hydroxylation is 1. The highest BCUT2D eigenvalue weighted by Crippen LogP contribution is 2.37. The lowest BCUT2D eigenvalue weighted by atomic mass is 10.2. The fourth-order valence-electron chi connectivity index (χ4n) is 3.66. The van der Waals surface area contributed by atoms with Gasteiger partial charge in [-0.15, -0.1) is 0 Å². The van der Waals surface area contributed by atoms with Crippen LogP contribution in [-0.4, -0.2) is 36.2 Å². The maximum Gasteiger partial charge on any atom is 0.204 e. The number of amides is 1. The maximum atomic E-state index is 14.7. The molecule has 3 aromatic rings. The molecule has 1 aromatic heterocycles. The Morgan fingerprint density at radius 1 is 1.37 bits per heavy atom. The van der Waals surface area contributed by atoms with Crippen LogP contribution in [0.15, 0.2) is 30.3 Å². The molecule has 0 bridgehead atoms. The molecule has 1 amide bonds. The van der Waals surface area contributed by atoms with E-state index < -0.39 is 0 Å². The monoisotopic (exact) mass is 412 g/mol. The van der Waals surface area contributed by atoms with Crippen molar-refractivity contribution >= 4 is 23.1 Å². The Kier molecular flexibility index (Phi) is 5.74. The van der Waals surface area contributed by atoms with E-state index in [4.69, 9.17) is 19.3 Å². The Morgan fingerprint density at radius 2 is 2.17 bits per heavy atom. The molecular weight excluding hydrogens is 387 g/mol. The van der Waals surface area contributed by atoms with E-state index >= 15 is 0 Å². The second-order valence-corrected chi connectivity index (χ2v) is 7.44. The second kappa shape index (κ2) is 8.61. The molecule has 1 aliphatic carbocycles. The average Bonchev–Trinajstić information content (AvgIpc) is 3.53. The lowest BCUT2D eigenvalue weighted by Crippen LogP contribution is -2.03. The lowest BCUT2D eigenvalue weighted by Gasteiger charge is -2.10. The van der Waals surface area contributed by atoms with Gasteiger partial charge in [0.15, 0.2) is 0 Å². The van der Waals surface area contributed by atoms with Crippen LogP contribution in [0.5, 0.6) is 11.5 Å². The summed E-state index contributed by atoms with van der Waals surface area (Å²) in [7, 11) is 1.53. The van der Waals surface area contributed by atoms with Crippen LogP contribution >= 0.6 is 0 Å². The van der Waals surface area contributed by atoms with Crippen molar-refractivity contribution < 1.29 is 18.7 Å². The number of benzene rings is 2. The van der Waals surface area contributed by atoms with Crippen molar-refractivity contribution in [2.75, 3.05) is 25.6 Å². The number of methoxy groups -OCH3 is 1. The van der Waals surface area contributed by atoms with E-state index in [1.54, 1.807) is 12.1 Å². The van der Waals surface area contributed by atoms with Crippen LogP contribution in [0.25, 0.3) is 22.4 Å². The maximum absolute atomic E-state index is 14.7. The first kappa shape index (κ1) is 20.0. The topological polar surface area (TPSA) is 91.4 Å². The van der Waals surface area contributed by atoms with Crippen molar-refractivity contribution in [1.29, 1.82) is 0 Å². The predicted molar refractivity (Wildman–Crippen MR) is 113 cm³/mol. The molecule has 0 saturated heterocycles. The minimum Gasteiger partial charge on any atom is -0.497 e. The van der Waals surface area contributed by atoms with Gasteiger partial charge >= 0.3 is 0 Å². The van der Waals surface area contributed by atoms with Crippen LogP contribution in [0.3, 0.4) is 0 Å². The third-order valence-corrected chi connectivity index (χ3v) is 5.30. The number of hydrogen-bond donors (Lipinski definition) is 2. The molecule has 0 atom stereocenters. The Bertz CT molecular complexity index is 1060. The molecule has 158 valence electrons. The van der Waals surface area contributed by atoms with E-state index in [2.05, 4.69) is 15.6 Å². The summed E-state index contributed by atoms with van der Waals surface area (Å²) < 4.78 is 27.9. The van der Waals surface area contributed by atoms with Gasteiger partial charge in [0.25, 0.3) is 0 Å². The van der Waals surface area contributed by atoms with Crippen molar-refractivity contribution in [1.82, 2.24) is 9.55 Å². The Balaban J connectivity index is 0.000000687. The van der Waals surface area contributed by atoms with Gasteiger partial charge in [-0.2, -0.15) is 0 Å². The van der Waals surface area contributed by atoms with Crippen LogP contribution in [0, 0.1) is 11.7 Å². The molecule has 2 heterocycles. The van der Waals surface area contributed by atoms with Crippen molar-refractivity contribution in [3.8, 4) is 22.9 Å². The number of carbonyl (C=O) groups excluding carboxylic acids is 1. The van der Waals surface area contributed by atoms with Gasteiger partial charge in [0.1, 0.15) is 28.7 Å². The number of hydrogen-bond acceptors (Lipinski definition) is 5. The van der Waals surface area contributed by atoms with E-state index in [-0.39, 0.29) is 12.2 Å². The molecule has 1 fully saturated rings. The average molecular weight is 412 g/mol. The molecule has 0 unspecified atom stereocenters. The van der Waals surface area contributed by atoms with Gasteiger partial charge in [-0.05, 0) is 43.4 Å². The fourth-order valence-corrected chi connectivity index (χ4v) is 3.66. The smallest absolute Gasteiger partial charge is 0.204 e. The highest BCUT2D eigenvalue weighted by molar-refractivity contribution is 5.89. The van der Waals surface area contributed by atoms with Gasteiger partial charge in [0.2, 0.25) is 6.41 Å². The summed E-state index contributed by atoms with van der Waals surface area (Å²) in [5.74, 6) is 2.40. The Hall–Kier alpha value is -3.29. The summed E-state index contributed by atoms with van der Waals surface area (Å²) in [6.07, 6.45) is 3.71. The zero-order valence-corrected chi connectivity index (χ0v) is 16.9. The van der Waals surface area contributed by atoms with Crippen LogP contribution in [-0.2, 0) is 11.3 Å². The van der Waals surface area contributed by atoms with Gasteiger partial charge in [0, 0.05) is 30.9 Å². The number of imidazole rings is 1. The molecule has 2 aliphatic rings. The summed E-state index contributed by atoms with van der Waals surface area (Å²) in [5.41, 5.74) is 7.43. The summed E-state index contributed by atoms with van der Waals surface area (Å²) >= 11 is 0. The van der Waals surface area contributed by atoms with E-state index in [1.807, 2.05) is 12.1 Å². The minimum absolute atomic E-state index is 0.250. The zero-order chi connectivity index (χ0) is 21.1. The number of nitrogens with zero attached hydrogens (tertiary/aromatic N) is 2. The van der Waals surface area contributed by atoms with Gasteiger partial charge in [-0.1, -0.05) is 0 Å². The highest BCUT2D eigenvalue weighted by atomic mass is 19.1. The van der Waals surface area contributed by atoms with E-state index in [9.17, 15) is 4.39 Å². The number of rotatable bonds is 5. The number of carbonyl (C=O) groups is 1. The highest BCUT2D eigenvalue weighted by Gasteiger charge is 2.23. The van der Waals surface area contributed by atoms with Crippen LogP contribution < -0.4 is 20.5 Å². The fraction of sp³-hybridized carbons (Fsp3) is 0.364. The SMILES string of the molecule is COc1ccc(-c2nc3cc(NCC4CC4)cc4c3n2CCCO4)c(F)c1.NC=O. The number of nitrogens with one attached hydrogen (secondary N) is 1. The molecule has 2 aromatic carbocycles. The van der Waals surface area contributed by atoms with Crippen molar-refractivity contribution in [3.05, 3.63) is 36.1 Å². The molecule has 0 radical (unpaired) electrons. The van der Waals surface area contributed by atoms with Crippen LogP contribution in [0.1, 0.15) is 19.3 Å². The molecule has 3 N–H and O–H groups in total. The number of halogens is 1. The third kappa shape index (κ3) is 4.03. The number of ether oxygens (including phenoxy) is 2. The first-order chi connectivity index (χ1) is 14.6. The Labute approximate surface area is 174 Å². The Morgan fingerprint density at radius 3 is 2.87 bits per heavy atom. The molecule has 7 nitrogen and oxygen atoms in total. The first-order valence-corrected chi connectivity index (χ1v) is 10.0. The number of primary amides is 1. The zero-order valence-electron chi connectivity index (χ0n) is 16.9. The molecule has 8 heteroatoms. The molecule has 1 aliphatic heterocycles. The van der Waals surface area contributed by atoms with E-state index in [0.717, 1.165) is 47.9 Å². The largest absolute Gasteiger partial charge is 0.497 e. The van der Waals surface area contributed by atoms with Gasteiger partial charge < -0.3 is 25.1 Å². The summed E-state index contributed by atoms with van der Waals surface area (Å²) in [4.78, 5) is 13.4. The molecule has 0 spiro atoms. The predicted octanol–water partition coefficient (Wildman–Crippen LogP) is 3.56. The first-order valence-electron chi connectivity index (χ1n) is 10.0. The molecule has 30 heavy (non-hydrogen) atoms. The summed E-state index contributed by atoms with van der Waals surface area (Å²) in [6, 6.07) is 8.98. The van der Waals surface area contributed by atoms with E-state index in [0.29, 0.717) is 23.7 Å². The van der Waals surface area contributed by atoms with Crippen molar-refractivity contribution in [2.45, 2.75) is 25.8 Å². The van der Waals surface area contributed by atoms with Gasteiger partial charge in [-0.25, -0.2) is 9.37 Å². The summed E-state index contributed by atoms with van der Waals surface area (Å²) in [5, 5.41) is 3.49. The minimum atomic E-state index is -0.334. The number of anilines is 1.